The molecule has 0 radical (unpaired) electrons. The fourth-order valence-electron chi connectivity index (χ4n) is 12.3. The van der Waals surface area contributed by atoms with Gasteiger partial charge in [0.25, 0.3) is 0 Å². The zero-order valence-corrected chi connectivity index (χ0v) is 33.1. The van der Waals surface area contributed by atoms with Gasteiger partial charge in [0.2, 0.25) is 0 Å². The van der Waals surface area contributed by atoms with Gasteiger partial charge in [0.15, 0.2) is 0 Å². The fourth-order valence-corrected chi connectivity index (χ4v) is 12.3. The molecule has 0 nitrogen and oxygen atoms in total. The van der Waals surface area contributed by atoms with E-state index >= 15 is 0 Å². The lowest BCUT2D eigenvalue weighted by molar-refractivity contribution is 0.795. The second kappa shape index (κ2) is 11.3. The van der Waals surface area contributed by atoms with Crippen LogP contribution in [0.15, 0.2) is 206 Å². The molecule has 2 aliphatic carbocycles. The van der Waals surface area contributed by atoms with Crippen LogP contribution in [0.1, 0.15) is 22.3 Å². The summed E-state index contributed by atoms with van der Waals surface area (Å²) >= 11 is 0. The van der Waals surface area contributed by atoms with E-state index < -0.39 is 5.41 Å². The third kappa shape index (κ3) is 3.96. The van der Waals surface area contributed by atoms with Crippen LogP contribution in [-0.4, -0.2) is 0 Å². The molecule has 278 valence electrons. The molecule has 2 aliphatic rings. The highest BCUT2D eigenvalue weighted by molar-refractivity contribution is 6.25. The second-order valence-corrected chi connectivity index (χ2v) is 17.5. The summed E-state index contributed by atoms with van der Waals surface area (Å²) in [5.41, 5.74) is 15.4. The zero-order valence-electron chi connectivity index (χ0n) is 33.1. The van der Waals surface area contributed by atoms with E-state index in [9.17, 15) is 0 Å². The van der Waals surface area contributed by atoms with Gasteiger partial charge >= 0.3 is 0 Å². The van der Waals surface area contributed by atoms with Gasteiger partial charge in [0.05, 0.1) is 5.41 Å². The summed E-state index contributed by atoms with van der Waals surface area (Å²) in [6, 6.07) is 78.8. The predicted octanol–water partition coefficient (Wildman–Crippen LogP) is 16.3. The Hall–Kier alpha value is -7.80. The van der Waals surface area contributed by atoms with Gasteiger partial charge in [-0.2, -0.15) is 0 Å². The Bertz CT molecular complexity index is 3880. The summed E-state index contributed by atoms with van der Waals surface area (Å²) in [6.45, 7) is 0. The maximum Gasteiger partial charge on any atom is 0.0725 e. The Morgan fingerprint density at radius 3 is 1.28 bits per heavy atom. The standard InChI is InChI=1S/C61H34/c1-3-16-52-48(12-1)49-13-2-4-17-53(49)61(52)54-29-28-47-46(45-32-42-24-20-37-10-6-11-38-21-25-43(33-45)59(42)57(37)38)14-7-15-50(47)60(54)51-27-26-39(34-55(51)61)44-30-40-22-18-35-8-5-9-36-19-23-41(31-44)58(40)56(35)36/h1-34H. The van der Waals surface area contributed by atoms with E-state index in [2.05, 4.69) is 206 Å². The Morgan fingerprint density at radius 2 is 0.705 bits per heavy atom. The van der Waals surface area contributed by atoms with Gasteiger partial charge in [-0.25, -0.2) is 0 Å². The minimum atomic E-state index is -0.454. The first-order valence-electron chi connectivity index (χ1n) is 21.5. The highest BCUT2D eigenvalue weighted by atomic mass is 14.5. The van der Waals surface area contributed by atoms with Gasteiger partial charge in [0, 0.05) is 0 Å². The molecule has 13 aromatic carbocycles. The maximum absolute atomic E-state index is 2.54. The third-order valence-corrected chi connectivity index (χ3v) is 14.7. The highest BCUT2D eigenvalue weighted by Gasteiger charge is 2.52. The van der Waals surface area contributed by atoms with E-state index in [0.717, 1.165) is 0 Å². The van der Waals surface area contributed by atoms with Crippen LogP contribution >= 0.6 is 0 Å². The molecule has 0 N–H and O–H groups in total. The van der Waals surface area contributed by atoms with Gasteiger partial charge in [-0.1, -0.05) is 176 Å². The molecule has 0 atom stereocenters. The van der Waals surface area contributed by atoms with Gasteiger partial charge in [-0.3, -0.25) is 0 Å². The molecule has 0 aliphatic heterocycles. The first kappa shape index (κ1) is 32.1. The molecular formula is C61H34. The minimum Gasteiger partial charge on any atom is -0.0619 e. The summed E-state index contributed by atoms with van der Waals surface area (Å²) in [4.78, 5) is 0. The minimum absolute atomic E-state index is 0.454. The molecule has 0 saturated heterocycles. The Morgan fingerprint density at radius 1 is 0.230 bits per heavy atom. The maximum atomic E-state index is 2.54. The van der Waals surface area contributed by atoms with Crippen LogP contribution in [0.3, 0.4) is 0 Å². The Balaban J connectivity index is 0.999. The Kier molecular flexibility index (Phi) is 5.93. The smallest absolute Gasteiger partial charge is 0.0619 e. The number of fused-ring (bicyclic) bond motifs is 12. The lowest BCUT2D eigenvalue weighted by atomic mass is 9.70. The zero-order chi connectivity index (χ0) is 39.6. The van der Waals surface area contributed by atoms with Crippen molar-refractivity contribution < 1.29 is 0 Å². The summed E-state index contributed by atoms with van der Waals surface area (Å²) < 4.78 is 0. The molecule has 0 heteroatoms. The van der Waals surface area contributed by atoms with Gasteiger partial charge in [-0.05, 0) is 173 Å². The predicted molar refractivity (Wildman–Crippen MR) is 259 cm³/mol. The van der Waals surface area contributed by atoms with Crippen molar-refractivity contribution in [3.63, 3.8) is 0 Å². The number of hydrogen-bond donors (Lipinski definition) is 0. The van der Waals surface area contributed by atoms with Crippen LogP contribution in [0.25, 0.3) is 120 Å². The van der Waals surface area contributed by atoms with E-state index in [4.69, 9.17) is 0 Å². The molecular weight excluding hydrogens is 733 g/mol. The lowest BCUT2D eigenvalue weighted by Gasteiger charge is -2.31. The molecule has 0 aromatic heterocycles. The van der Waals surface area contributed by atoms with Crippen molar-refractivity contribution in [3.8, 4) is 44.5 Å². The van der Waals surface area contributed by atoms with E-state index in [0.29, 0.717) is 0 Å². The molecule has 0 saturated carbocycles. The lowest BCUT2D eigenvalue weighted by Crippen LogP contribution is -2.25. The van der Waals surface area contributed by atoms with Crippen molar-refractivity contribution in [2.24, 2.45) is 0 Å². The molecule has 61 heavy (non-hydrogen) atoms. The van der Waals surface area contributed by atoms with E-state index in [1.54, 1.807) is 0 Å². The van der Waals surface area contributed by atoms with Crippen molar-refractivity contribution in [2.45, 2.75) is 5.41 Å². The van der Waals surface area contributed by atoms with Crippen LogP contribution in [0.2, 0.25) is 0 Å². The number of benzene rings is 13. The molecule has 0 heterocycles. The second-order valence-electron chi connectivity index (χ2n) is 17.5. The van der Waals surface area contributed by atoms with Crippen molar-refractivity contribution in [2.75, 3.05) is 0 Å². The van der Waals surface area contributed by atoms with Gasteiger partial charge < -0.3 is 0 Å². The van der Waals surface area contributed by atoms with Crippen molar-refractivity contribution in [1.29, 1.82) is 0 Å². The molecule has 0 fully saturated rings. The Labute approximate surface area is 352 Å². The first-order valence-corrected chi connectivity index (χ1v) is 21.5. The third-order valence-electron chi connectivity index (χ3n) is 14.7. The normalized spacial score (nSPS) is 13.7. The van der Waals surface area contributed by atoms with Crippen LogP contribution in [-0.2, 0) is 5.41 Å². The average Bonchev–Trinajstić information content (AvgIpc) is 3.79. The average molecular weight is 767 g/mol. The quantitative estimate of drug-likeness (QED) is 0.154. The molecule has 0 bridgehead atoms. The SMILES string of the molecule is c1ccc2c(c1)-c1ccccc1C21c2cc(-c3cc4ccc5cccc6ccc(c3)c4c56)ccc2-c2c1ccc1c(-c3cc4ccc5cccc6ccc(c3)c4c56)cccc21. The highest BCUT2D eigenvalue weighted by Crippen LogP contribution is 2.64. The summed E-state index contributed by atoms with van der Waals surface area (Å²) in [5, 5.41) is 18.4. The van der Waals surface area contributed by atoms with E-state index in [-0.39, 0.29) is 0 Å². The summed E-state index contributed by atoms with van der Waals surface area (Å²) in [6.07, 6.45) is 0. The molecule has 1 spiro atoms. The topological polar surface area (TPSA) is 0 Å². The van der Waals surface area contributed by atoms with Crippen molar-refractivity contribution in [1.82, 2.24) is 0 Å². The largest absolute Gasteiger partial charge is 0.0725 e. The van der Waals surface area contributed by atoms with E-state index in [1.165, 1.54) is 142 Å². The molecule has 0 unspecified atom stereocenters. The molecule has 13 aromatic rings. The van der Waals surface area contributed by atoms with Gasteiger partial charge in [0.1, 0.15) is 0 Å². The van der Waals surface area contributed by atoms with Crippen LogP contribution in [0, 0.1) is 0 Å². The summed E-state index contributed by atoms with van der Waals surface area (Å²) in [5.74, 6) is 0. The molecule has 0 amide bonds. The summed E-state index contributed by atoms with van der Waals surface area (Å²) in [7, 11) is 0. The van der Waals surface area contributed by atoms with E-state index in [1.807, 2.05) is 0 Å². The molecule has 15 rings (SSSR count). The fraction of sp³-hybridized carbons (Fsp3) is 0.0164. The van der Waals surface area contributed by atoms with Crippen molar-refractivity contribution >= 4 is 75.4 Å². The number of rotatable bonds is 2. The van der Waals surface area contributed by atoms with Crippen LogP contribution in [0.5, 0.6) is 0 Å². The van der Waals surface area contributed by atoms with Gasteiger partial charge in [-0.15, -0.1) is 0 Å². The monoisotopic (exact) mass is 766 g/mol. The van der Waals surface area contributed by atoms with Crippen molar-refractivity contribution in [3.05, 3.63) is 229 Å². The number of hydrogen-bond acceptors (Lipinski definition) is 0. The van der Waals surface area contributed by atoms with Crippen LogP contribution in [0.4, 0.5) is 0 Å². The first-order chi connectivity index (χ1) is 30.2. The van der Waals surface area contributed by atoms with Crippen LogP contribution < -0.4 is 0 Å².